The Morgan fingerprint density at radius 3 is 2.40 bits per heavy atom. The molecule has 0 atom stereocenters. The van der Waals surface area contributed by atoms with Crippen molar-refractivity contribution in [1.29, 1.82) is 0 Å². The lowest BCUT2D eigenvalue weighted by Crippen LogP contribution is -2.13. The molecule has 0 amide bonds. The topological polar surface area (TPSA) is 37.8 Å². The first kappa shape index (κ1) is 14.5. The zero-order valence-electron chi connectivity index (χ0n) is 10.1. The van der Waals surface area contributed by atoms with Gasteiger partial charge in [0.2, 0.25) is 5.82 Å². The van der Waals surface area contributed by atoms with E-state index in [4.69, 9.17) is 11.6 Å². The fourth-order valence-electron chi connectivity index (χ4n) is 1.51. The molecule has 1 aromatic carbocycles. The number of alkyl halides is 3. The summed E-state index contributed by atoms with van der Waals surface area (Å²) < 4.78 is 51.2. The predicted octanol–water partition coefficient (Wildman–Crippen LogP) is 4.00. The zero-order chi connectivity index (χ0) is 14.9. The number of hydrogen-bond acceptors (Lipinski definition) is 3. The highest BCUT2D eigenvalue weighted by Gasteiger charge is 2.35. The van der Waals surface area contributed by atoms with Crippen molar-refractivity contribution in [3.63, 3.8) is 0 Å². The molecule has 20 heavy (non-hydrogen) atoms. The van der Waals surface area contributed by atoms with Crippen LogP contribution in [0.2, 0.25) is 5.02 Å². The van der Waals surface area contributed by atoms with Crippen molar-refractivity contribution in [1.82, 2.24) is 9.97 Å². The minimum atomic E-state index is -4.68. The molecule has 2 aromatic rings. The number of hydrogen-bond donors (Lipinski definition) is 1. The van der Waals surface area contributed by atoms with Crippen LogP contribution in [-0.4, -0.2) is 17.0 Å². The molecule has 0 saturated carbocycles. The van der Waals surface area contributed by atoms with Crippen LogP contribution in [-0.2, 0) is 6.18 Å². The molecular formula is C12H8ClF4N3. The molecule has 0 aliphatic heterocycles. The van der Waals surface area contributed by atoms with Gasteiger partial charge in [-0.2, -0.15) is 13.2 Å². The SMILES string of the molecule is CNc1cc(-c2ccc(F)c(Cl)c2)nc(C(F)(F)F)n1. The van der Waals surface area contributed by atoms with Gasteiger partial charge in [0, 0.05) is 18.7 Å². The van der Waals surface area contributed by atoms with E-state index in [0.717, 1.165) is 6.07 Å². The average molecular weight is 306 g/mol. The van der Waals surface area contributed by atoms with Crippen LogP contribution in [0.25, 0.3) is 11.3 Å². The van der Waals surface area contributed by atoms with E-state index in [1.807, 2.05) is 0 Å². The number of halogens is 5. The third-order valence-corrected chi connectivity index (χ3v) is 2.74. The highest BCUT2D eigenvalue weighted by molar-refractivity contribution is 6.31. The minimum Gasteiger partial charge on any atom is -0.373 e. The summed E-state index contributed by atoms with van der Waals surface area (Å²) in [7, 11) is 1.43. The van der Waals surface area contributed by atoms with Gasteiger partial charge in [-0.05, 0) is 18.2 Å². The summed E-state index contributed by atoms with van der Waals surface area (Å²) in [5, 5.41) is 2.32. The van der Waals surface area contributed by atoms with Crippen LogP contribution in [0.5, 0.6) is 0 Å². The summed E-state index contributed by atoms with van der Waals surface area (Å²) >= 11 is 5.61. The van der Waals surface area contributed by atoms with Crippen molar-refractivity contribution in [2.75, 3.05) is 12.4 Å². The van der Waals surface area contributed by atoms with E-state index in [-0.39, 0.29) is 22.1 Å². The van der Waals surface area contributed by atoms with Gasteiger partial charge in [0.25, 0.3) is 0 Å². The Hall–Kier alpha value is -1.89. The van der Waals surface area contributed by atoms with Crippen LogP contribution in [0.3, 0.4) is 0 Å². The van der Waals surface area contributed by atoms with Gasteiger partial charge in [-0.1, -0.05) is 11.6 Å². The van der Waals surface area contributed by atoms with Gasteiger partial charge in [0.1, 0.15) is 11.6 Å². The maximum atomic E-state index is 13.1. The molecule has 2 rings (SSSR count). The van der Waals surface area contributed by atoms with E-state index in [1.54, 1.807) is 0 Å². The summed E-state index contributed by atoms with van der Waals surface area (Å²) in [6.45, 7) is 0. The van der Waals surface area contributed by atoms with Crippen molar-refractivity contribution in [3.8, 4) is 11.3 Å². The Labute approximate surface area is 116 Å². The fourth-order valence-corrected chi connectivity index (χ4v) is 1.69. The largest absolute Gasteiger partial charge is 0.451 e. The molecule has 8 heteroatoms. The second kappa shape index (κ2) is 5.24. The Morgan fingerprint density at radius 1 is 1.15 bits per heavy atom. The Balaban J connectivity index is 2.58. The molecule has 1 heterocycles. The maximum Gasteiger partial charge on any atom is 0.451 e. The van der Waals surface area contributed by atoms with Gasteiger partial charge in [-0.3, -0.25) is 0 Å². The van der Waals surface area contributed by atoms with E-state index in [0.29, 0.717) is 0 Å². The monoisotopic (exact) mass is 305 g/mol. The molecule has 3 nitrogen and oxygen atoms in total. The van der Waals surface area contributed by atoms with Gasteiger partial charge >= 0.3 is 6.18 Å². The van der Waals surface area contributed by atoms with Crippen LogP contribution in [0.15, 0.2) is 24.3 Å². The second-order valence-electron chi connectivity index (χ2n) is 3.84. The fraction of sp³-hybridized carbons (Fsp3) is 0.167. The Bertz CT molecular complexity index is 643. The second-order valence-corrected chi connectivity index (χ2v) is 4.25. The number of benzene rings is 1. The molecule has 1 N–H and O–H groups in total. The van der Waals surface area contributed by atoms with E-state index < -0.39 is 17.8 Å². The third-order valence-electron chi connectivity index (χ3n) is 2.45. The van der Waals surface area contributed by atoms with Crippen LogP contribution in [0, 0.1) is 5.82 Å². The van der Waals surface area contributed by atoms with Gasteiger partial charge in [0.05, 0.1) is 10.7 Å². The lowest BCUT2D eigenvalue weighted by atomic mass is 10.1. The summed E-state index contributed by atoms with van der Waals surface area (Å²) in [5.41, 5.74) is 0.263. The Morgan fingerprint density at radius 2 is 1.85 bits per heavy atom. The van der Waals surface area contributed by atoms with Crippen molar-refractivity contribution >= 4 is 17.4 Å². The van der Waals surface area contributed by atoms with Crippen LogP contribution in [0.1, 0.15) is 5.82 Å². The number of rotatable bonds is 2. The lowest BCUT2D eigenvalue weighted by molar-refractivity contribution is -0.144. The minimum absolute atomic E-state index is 0.00132. The zero-order valence-corrected chi connectivity index (χ0v) is 10.8. The Kier molecular flexibility index (Phi) is 3.80. The molecule has 0 radical (unpaired) electrons. The van der Waals surface area contributed by atoms with Gasteiger partial charge in [-0.15, -0.1) is 0 Å². The molecule has 106 valence electrons. The number of nitrogens with zero attached hydrogens (tertiary/aromatic N) is 2. The lowest BCUT2D eigenvalue weighted by Gasteiger charge is -2.10. The predicted molar refractivity (Wildman–Crippen MR) is 67.0 cm³/mol. The summed E-state index contributed by atoms with van der Waals surface area (Å²) in [5.74, 6) is -1.93. The van der Waals surface area contributed by atoms with Crippen LogP contribution < -0.4 is 5.32 Å². The molecular weight excluding hydrogens is 298 g/mol. The normalized spacial score (nSPS) is 11.5. The van der Waals surface area contributed by atoms with E-state index in [9.17, 15) is 17.6 Å². The molecule has 0 saturated heterocycles. The molecule has 0 fully saturated rings. The molecule has 0 aliphatic carbocycles. The molecule has 1 aromatic heterocycles. The van der Waals surface area contributed by atoms with Gasteiger partial charge in [-0.25, -0.2) is 14.4 Å². The van der Waals surface area contributed by atoms with E-state index in [1.165, 1.54) is 25.2 Å². The highest BCUT2D eigenvalue weighted by Crippen LogP contribution is 2.30. The smallest absolute Gasteiger partial charge is 0.373 e. The highest BCUT2D eigenvalue weighted by atomic mass is 35.5. The standard InChI is InChI=1S/C12H8ClF4N3/c1-18-10-5-9(19-11(20-10)12(15,16)17)6-2-3-8(14)7(13)4-6/h2-5H,1H3,(H,18,19,20). The van der Waals surface area contributed by atoms with E-state index in [2.05, 4.69) is 15.3 Å². The van der Waals surface area contributed by atoms with Crippen LogP contribution in [0.4, 0.5) is 23.4 Å². The van der Waals surface area contributed by atoms with Crippen molar-refractivity contribution < 1.29 is 17.6 Å². The number of aromatic nitrogens is 2. The molecule has 0 unspecified atom stereocenters. The van der Waals surface area contributed by atoms with Crippen molar-refractivity contribution in [2.45, 2.75) is 6.18 Å². The van der Waals surface area contributed by atoms with Crippen LogP contribution >= 0.6 is 11.6 Å². The third kappa shape index (κ3) is 2.98. The number of anilines is 1. The first-order valence-electron chi connectivity index (χ1n) is 5.40. The van der Waals surface area contributed by atoms with Gasteiger partial charge < -0.3 is 5.32 Å². The average Bonchev–Trinajstić information content (AvgIpc) is 2.40. The molecule has 0 bridgehead atoms. The van der Waals surface area contributed by atoms with Crippen molar-refractivity contribution in [2.24, 2.45) is 0 Å². The first-order valence-corrected chi connectivity index (χ1v) is 5.78. The summed E-state index contributed by atoms with van der Waals surface area (Å²) in [4.78, 5) is 6.77. The quantitative estimate of drug-likeness (QED) is 0.852. The maximum absolute atomic E-state index is 13.1. The molecule has 0 aliphatic rings. The summed E-state index contributed by atoms with van der Waals surface area (Å²) in [6.07, 6.45) is -4.68. The first-order chi connectivity index (χ1) is 9.31. The van der Waals surface area contributed by atoms with Gasteiger partial charge in [0.15, 0.2) is 0 Å². The van der Waals surface area contributed by atoms with Crippen molar-refractivity contribution in [3.05, 3.63) is 40.9 Å². The summed E-state index contributed by atoms with van der Waals surface area (Å²) in [6, 6.07) is 4.88. The molecule has 0 spiro atoms. The number of nitrogens with one attached hydrogen (secondary N) is 1. The van der Waals surface area contributed by atoms with E-state index >= 15 is 0 Å².